The number of aryl methyl sites for hydroxylation is 2. The highest BCUT2D eigenvalue weighted by atomic mass is 16.5. The quantitative estimate of drug-likeness (QED) is 0.678. The molecule has 2 rings (SSSR count). The predicted molar refractivity (Wildman–Crippen MR) is 108 cm³/mol. The zero-order chi connectivity index (χ0) is 19.8. The van der Waals surface area contributed by atoms with Crippen molar-refractivity contribution in [2.75, 3.05) is 18.5 Å². The molecule has 148 valence electrons. The summed E-state index contributed by atoms with van der Waals surface area (Å²) in [6.45, 7) is 9.37. The van der Waals surface area contributed by atoms with Crippen LogP contribution in [0.3, 0.4) is 0 Å². The van der Waals surface area contributed by atoms with E-state index < -0.39 is 0 Å². The molecule has 0 atom stereocenters. The van der Waals surface area contributed by atoms with Crippen LogP contribution in [-0.4, -0.2) is 28.9 Å². The summed E-state index contributed by atoms with van der Waals surface area (Å²) in [5.41, 5.74) is 3.95. The lowest BCUT2D eigenvalue weighted by atomic mass is 10.1. The Labute approximate surface area is 161 Å². The number of hydrogen-bond donors (Lipinski definition) is 1. The van der Waals surface area contributed by atoms with Crippen LogP contribution in [0.2, 0.25) is 0 Å². The van der Waals surface area contributed by atoms with E-state index in [2.05, 4.69) is 24.3 Å². The van der Waals surface area contributed by atoms with E-state index in [0.717, 1.165) is 35.5 Å². The number of carbonyl (C=O) groups is 1. The standard InChI is InChI=1S/C21H31N3O3/c1-6-12-26-19-10-8-17(14-20(19)27-13-7-2)22-21(25)11-9-18-15(3)23-24(5)16(18)4/h8,10,14H,6-7,9,11-13H2,1-5H3,(H,22,25). The number of nitrogens with one attached hydrogen (secondary N) is 1. The van der Waals surface area contributed by atoms with Gasteiger partial charge in [-0.1, -0.05) is 13.8 Å². The minimum Gasteiger partial charge on any atom is -0.490 e. The smallest absolute Gasteiger partial charge is 0.224 e. The second-order valence-electron chi connectivity index (χ2n) is 6.68. The minimum absolute atomic E-state index is 0.0266. The monoisotopic (exact) mass is 373 g/mol. The van der Waals surface area contributed by atoms with Crippen LogP contribution in [0.15, 0.2) is 18.2 Å². The summed E-state index contributed by atoms with van der Waals surface area (Å²) in [6.07, 6.45) is 2.92. The fourth-order valence-electron chi connectivity index (χ4n) is 2.88. The summed E-state index contributed by atoms with van der Waals surface area (Å²) in [6, 6.07) is 5.53. The average molecular weight is 373 g/mol. The van der Waals surface area contributed by atoms with Crippen molar-refractivity contribution in [3.8, 4) is 11.5 Å². The van der Waals surface area contributed by atoms with E-state index in [1.807, 2.05) is 43.8 Å². The van der Waals surface area contributed by atoms with E-state index in [0.29, 0.717) is 37.6 Å². The van der Waals surface area contributed by atoms with Crippen LogP contribution < -0.4 is 14.8 Å². The second-order valence-corrected chi connectivity index (χ2v) is 6.68. The number of nitrogens with zero attached hydrogens (tertiary/aromatic N) is 2. The molecule has 0 aliphatic heterocycles. The van der Waals surface area contributed by atoms with E-state index in [1.165, 1.54) is 0 Å². The van der Waals surface area contributed by atoms with Crippen LogP contribution in [0.5, 0.6) is 11.5 Å². The summed E-state index contributed by atoms with van der Waals surface area (Å²) in [4.78, 5) is 12.4. The van der Waals surface area contributed by atoms with Crippen molar-refractivity contribution in [1.82, 2.24) is 9.78 Å². The van der Waals surface area contributed by atoms with Crippen molar-refractivity contribution in [3.05, 3.63) is 35.2 Å². The highest BCUT2D eigenvalue weighted by molar-refractivity contribution is 5.91. The minimum atomic E-state index is -0.0266. The molecule has 2 aromatic rings. The predicted octanol–water partition coefficient (Wildman–Crippen LogP) is 4.19. The maximum Gasteiger partial charge on any atom is 0.224 e. The van der Waals surface area contributed by atoms with Crippen molar-refractivity contribution in [3.63, 3.8) is 0 Å². The zero-order valence-corrected chi connectivity index (χ0v) is 17.1. The Hall–Kier alpha value is -2.50. The first-order chi connectivity index (χ1) is 13.0. The van der Waals surface area contributed by atoms with Crippen LogP contribution in [0, 0.1) is 13.8 Å². The second kappa shape index (κ2) is 10.00. The molecule has 1 aromatic carbocycles. The molecular weight excluding hydrogens is 342 g/mol. The van der Waals surface area contributed by atoms with Gasteiger partial charge in [-0.15, -0.1) is 0 Å². The third-order valence-corrected chi connectivity index (χ3v) is 4.41. The lowest BCUT2D eigenvalue weighted by molar-refractivity contribution is -0.116. The Morgan fingerprint density at radius 2 is 1.78 bits per heavy atom. The van der Waals surface area contributed by atoms with Gasteiger partial charge < -0.3 is 14.8 Å². The third-order valence-electron chi connectivity index (χ3n) is 4.41. The number of hydrogen-bond acceptors (Lipinski definition) is 4. The normalized spacial score (nSPS) is 10.7. The molecule has 1 N–H and O–H groups in total. The zero-order valence-electron chi connectivity index (χ0n) is 17.1. The van der Waals surface area contributed by atoms with Gasteiger partial charge in [-0.05, 0) is 50.8 Å². The first-order valence-corrected chi connectivity index (χ1v) is 9.64. The van der Waals surface area contributed by atoms with Gasteiger partial charge in [0.25, 0.3) is 0 Å². The molecule has 0 saturated carbocycles. The Morgan fingerprint density at radius 3 is 2.37 bits per heavy atom. The van der Waals surface area contributed by atoms with Gasteiger partial charge in [0.1, 0.15) is 0 Å². The molecule has 0 spiro atoms. The lowest BCUT2D eigenvalue weighted by Crippen LogP contribution is -2.13. The number of rotatable bonds is 10. The maximum atomic E-state index is 12.4. The maximum absolute atomic E-state index is 12.4. The van der Waals surface area contributed by atoms with Crippen LogP contribution >= 0.6 is 0 Å². The van der Waals surface area contributed by atoms with E-state index in [-0.39, 0.29) is 5.91 Å². The lowest BCUT2D eigenvalue weighted by Gasteiger charge is -2.14. The van der Waals surface area contributed by atoms with Gasteiger partial charge in [-0.3, -0.25) is 9.48 Å². The molecule has 27 heavy (non-hydrogen) atoms. The van der Waals surface area contributed by atoms with Gasteiger partial charge in [0.05, 0.1) is 18.9 Å². The van der Waals surface area contributed by atoms with Crippen molar-refractivity contribution in [2.45, 2.75) is 53.4 Å². The van der Waals surface area contributed by atoms with Gasteiger partial charge in [0.15, 0.2) is 11.5 Å². The summed E-state index contributed by atoms with van der Waals surface area (Å²) in [5, 5.41) is 7.36. The Balaban J connectivity index is 2.01. The number of ether oxygens (including phenoxy) is 2. The molecule has 1 amide bonds. The topological polar surface area (TPSA) is 65.4 Å². The van der Waals surface area contributed by atoms with Crippen LogP contribution in [-0.2, 0) is 18.3 Å². The van der Waals surface area contributed by atoms with Crippen molar-refractivity contribution in [2.24, 2.45) is 7.05 Å². The van der Waals surface area contributed by atoms with E-state index >= 15 is 0 Å². The van der Waals surface area contributed by atoms with Gasteiger partial charge in [-0.25, -0.2) is 0 Å². The summed E-state index contributed by atoms with van der Waals surface area (Å²) in [7, 11) is 1.92. The van der Waals surface area contributed by atoms with E-state index in [1.54, 1.807) is 0 Å². The largest absolute Gasteiger partial charge is 0.490 e. The molecule has 0 bridgehead atoms. The highest BCUT2D eigenvalue weighted by Gasteiger charge is 2.13. The molecule has 1 aromatic heterocycles. The average Bonchev–Trinajstić information content (AvgIpc) is 2.89. The molecule has 0 fully saturated rings. The van der Waals surface area contributed by atoms with Crippen LogP contribution in [0.1, 0.15) is 50.1 Å². The number of amides is 1. The number of aromatic nitrogens is 2. The molecule has 6 nitrogen and oxygen atoms in total. The van der Waals surface area contributed by atoms with Gasteiger partial charge in [0.2, 0.25) is 5.91 Å². The summed E-state index contributed by atoms with van der Waals surface area (Å²) in [5.74, 6) is 1.35. The molecule has 6 heteroatoms. The SMILES string of the molecule is CCCOc1ccc(NC(=O)CCc2c(C)nn(C)c2C)cc1OCCC. The molecule has 0 unspecified atom stereocenters. The summed E-state index contributed by atoms with van der Waals surface area (Å²) >= 11 is 0. The Bertz CT molecular complexity index is 768. The fraction of sp³-hybridized carbons (Fsp3) is 0.524. The Kier molecular flexibility index (Phi) is 7.70. The molecule has 0 aliphatic carbocycles. The van der Waals surface area contributed by atoms with Gasteiger partial charge >= 0.3 is 0 Å². The molecule has 0 aliphatic rings. The first kappa shape index (κ1) is 20.8. The van der Waals surface area contributed by atoms with Gasteiger partial charge in [-0.2, -0.15) is 5.10 Å². The van der Waals surface area contributed by atoms with E-state index in [9.17, 15) is 4.79 Å². The fourth-order valence-corrected chi connectivity index (χ4v) is 2.88. The van der Waals surface area contributed by atoms with Crippen molar-refractivity contribution >= 4 is 11.6 Å². The molecule has 0 saturated heterocycles. The molecular formula is C21H31N3O3. The van der Waals surface area contributed by atoms with Crippen molar-refractivity contribution in [1.29, 1.82) is 0 Å². The van der Waals surface area contributed by atoms with Crippen molar-refractivity contribution < 1.29 is 14.3 Å². The number of benzene rings is 1. The van der Waals surface area contributed by atoms with Crippen LogP contribution in [0.4, 0.5) is 5.69 Å². The van der Waals surface area contributed by atoms with Crippen LogP contribution in [0.25, 0.3) is 0 Å². The molecule has 0 radical (unpaired) electrons. The number of carbonyl (C=O) groups excluding carboxylic acids is 1. The Morgan fingerprint density at radius 1 is 1.11 bits per heavy atom. The van der Waals surface area contributed by atoms with E-state index in [4.69, 9.17) is 9.47 Å². The summed E-state index contributed by atoms with van der Waals surface area (Å²) < 4.78 is 13.4. The molecule has 1 heterocycles. The van der Waals surface area contributed by atoms with Gasteiger partial charge in [0, 0.05) is 30.9 Å². The number of anilines is 1. The highest BCUT2D eigenvalue weighted by Crippen LogP contribution is 2.31. The first-order valence-electron chi connectivity index (χ1n) is 9.64. The third kappa shape index (κ3) is 5.74.